The third kappa shape index (κ3) is 5.61. The fourth-order valence-corrected chi connectivity index (χ4v) is 4.65. The second-order valence-corrected chi connectivity index (χ2v) is 9.08. The number of hydrogen-bond acceptors (Lipinski definition) is 8. The smallest absolute Gasteiger partial charge is 0.409 e. The molecule has 0 radical (unpaired) electrons. The molecule has 11 heteroatoms. The Morgan fingerprint density at radius 2 is 1.87 bits per heavy atom. The summed E-state index contributed by atoms with van der Waals surface area (Å²) in [7, 11) is 3.46. The minimum Gasteiger partial charge on any atom is -0.440 e. The highest BCUT2D eigenvalue weighted by Gasteiger charge is 2.27. The van der Waals surface area contributed by atoms with Crippen LogP contribution in [0.5, 0.6) is 5.88 Å². The summed E-state index contributed by atoms with van der Waals surface area (Å²) in [4.78, 5) is 29.4. The molecule has 1 fully saturated rings. The number of piperidine rings is 1. The number of anilines is 2. The first-order valence-electron chi connectivity index (χ1n) is 12.5. The van der Waals surface area contributed by atoms with E-state index in [4.69, 9.17) is 14.5 Å². The van der Waals surface area contributed by atoms with Crippen molar-refractivity contribution in [3.63, 3.8) is 0 Å². The molecule has 1 aliphatic heterocycles. The predicted octanol–water partition coefficient (Wildman–Crippen LogP) is 3.81. The molecule has 38 heavy (non-hydrogen) atoms. The minimum absolute atomic E-state index is 0.235. The second-order valence-electron chi connectivity index (χ2n) is 9.08. The lowest BCUT2D eigenvalue weighted by atomic mass is 10.0. The molecular weight excluding hydrogens is 489 g/mol. The molecule has 4 aromatic rings. The summed E-state index contributed by atoms with van der Waals surface area (Å²) < 4.78 is 26.0. The van der Waals surface area contributed by atoms with Crippen LogP contribution in [0.1, 0.15) is 18.4 Å². The number of alkyl carbamates (subject to hydrolysis) is 1. The number of hydrogen-bond donors (Lipinski definition) is 1. The van der Waals surface area contributed by atoms with Crippen LogP contribution >= 0.6 is 0 Å². The summed E-state index contributed by atoms with van der Waals surface area (Å²) in [5.41, 5.74) is 3.01. The van der Waals surface area contributed by atoms with E-state index in [1.807, 2.05) is 37.4 Å². The summed E-state index contributed by atoms with van der Waals surface area (Å²) in [6.45, 7) is 2.01. The quantitative estimate of drug-likeness (QED) is 0.351. The Hall–Kier alpha value is -4.41. The van der Waals surface area contributed by atoms with Gasteiger partial charge in [-0.3, -0.25) is 0 Å². The van der Waals surface area contributed by atoms with Gasteiger partial charge in [-0.25, -0.2) is 19.2 Å². The van der Waals surface area contributed by atoms with Crippen molar-refractivity contribution in [3.8, 4) is 5.88 Å². The van der Waals surface area contributed by atoms with Crippen LogP contribution in [0.4, 0.5) is 21.1 Å². The van der Waals surface area contributed by atoms with Gasteiger partial charge in [-0.05, 0) is 42.7 Å². The number of carbonyl (C=O) groups excluding carboxylic acids is 1. The topological polar surface area (TPSA) is 97.6 Å². The summed E-state index contributed by atoms with van der Waals surface area (Å²) in [5, 5.41) is 2.36. The molecule has 1 N–H and O–H groups in total. The lowest BCUT2D eigenvalue weighted by molar-refractivity contribution is 0.0580. The van der Waals surface area contributed by atoms with Gasteiger partial charge in [-0.15, -0.1) is 0 Å². The van der Waals surface area contributed by atoms with Crippen LogP contribution in [0.15, 0.2) is 60.8 Å². The van der Waals surface area contributed by atoms with Crippen molar-refractivity contribution in [1.29, 1.82) is 0 Å². The van der Waals surface area contributed by atoms with Crippen molar-refractivity contribution in [1.82, 2.24) is 24.8 Å². The second kappa shape index (κ2) is 11.3. The van der Waals surface area contributed by atoms with Gasteiger partial charge in [-0.1, -0.05) is 24.3 Å². The highest BCUT2D eigenvalue weighted by Crippen LogP contribution is 2.28. The number of fused-ring (bicyclic) bond motifs is 1. The van der Waals surface area contributed by atoms with Crippen LogP contribution in [0, 0.1) is 5.82 Å². The number of benzene rings is 2. The largest absolute Gasteiger partial charge is 0.440 e. The van der Waals surface area contributed by atoms with Crippen LogP contribution < -0.4 is 19.9 Å². The number of nitrogens with zero attached hydrogens (tertiary/aromatic N) is 6. The van der Waals surface area contributed by atoms with Gasteiger partial charge in [0.1, 0.15) is 5.82 Å². The molecular formula is C27H30FN7O3. The maximum absolute atomic E-state index is 13.5. The van der Waals surface area contributed by atoms with Gasteiger partial charge in [0, 0.05) is 45.5 Å². The standard InChI is InChI=1S/C27H30FN7O3/c1-29-27(36)38-18-37-24-11-14-30-25(32-24)33(2)21-12-15-34(16-13-21)26-31-22-5-3-4-6-23(22)35(26)17-19-7-9-20(28)10-8-19/h3-11,14,21H,12-13,15-18H2,1-2H3,(H,29,36). The van der Waals surface area contributed by atoms with Crippen molar-refractivity contribution in [3.05, 3.63) is 72.2 Å². The van der Waals surface area contributed by atoms with Gasteiger partial charge < -0.3 is 29.2 Å². The molecule has 1 saturated heterocycles. The first-order chi connectivity index (χ1) is 18.5. The molecule has 3 heterocycles. The van der Waals surface area contributed by atoms with Crippen molar-refractivity contribution in [2.75, 3.05) is 43.8 Å². The summed E-state index contributed by atoms with van der Waals surface area (Å²) >= 11 is 0. The highest BCUT2D eigenvalue weighted by molar-refractivity contribution is 5.79. The van der Waals surface area contributed by atoms with Gasteiger partial charge >= 0.3 is 6.09 Å². The normalized spacial score (nSPS) is 13.9. The number of ether oxygens (including phenoxy) is 2. The third-order valence-electron chi connectivity index (χ3n) is 6.72. The molecule has 1 aliphatic rings. The zero-order valence-electron chi connectivity index (χ0n) is 21.4. The van der Waals surface area contributed by atoms with Crippen molar-refractivity contribution >= 4 is 29.0 Å². The first-order valence-corrected chi connectivity index (χ1v) is 12.5. The van der Waals surface area contributed by atoms with E-state index in [-0.39, 0.29) is 18.7 Å². The number of nitrogens with one attached hydrogen (secondary N) is 1. The average molecular weight is 520 g/mol. The highest BCUT2D eigenvalue weighted by atomic mass is 19.1. The molecule has 2 aromatic heterocycles. The summed E-state index contributed by atoms with van der Waals surface area (Å²) in [6.07, 6.45) is 2.84. The number of imidazole rings is 1. The van der Waals surface area contributed by atoms with E-state index in [0.29, 0.717) is 18.4 Å². The Labute approximate surface area is 220 Å². The Morgan fingerprint density at radius 3 is 2.63 bits per heavy atom. The van der Waals surface area contributed by atoms with Crippen LogP contribution in [0.3, 0.4) is 0 Å². The SMILES string of the molecule is CNC(=O)OCOc1ccnc(N(C)C2CCN(c3nc4ccccc4n3Cc3ccc(F)cc3)CC2)n1. The van der Waals surface area contributed by atoms with E-state index in [1.165, 1.54) is 19.2 Å². The fourth-order valence-electron chi connectivity index (χ4n) is 4.65. The van der Waals surface area contributed by atoms with Gasteiger partial charge in [0.15, 0.2) is 0 Å². The average Bonchev–Trinajstić information content (AvgIpc) is 3.32. The number of para-hydroxylation sites is 2. The Morgan fingerprint density at radius 1 is 1.11 bits per heavy atom. The van der Waals surface area contributed by atoms with E-state index in [9.17, 15) is 9.18 Å². The number of aromatic nitrogens is 4. The Kier molecular flexibility index (Phi) is 7.52. The molecule has 0 bridgehead atoms. The van der Waals surface area contributed by atoms with E-state index in [1.54, 1.807) is 12.3 Å². The first kappa shape index (κ1) is 25.2. The molecule has 2 aromatic carbocycles. The molecule has 1 amide bonds. The van der Waals surface area contributed by atoms with Gasteiger partial charge in [-0.2, -0.15) is 4.98 Å². The Bertz CT molecular complexity index is 1390. The maximum Gasteiger partial charge on any atom is 0.409 e. The van der Waals surface area contributed by atoms with Crippen LogP contribution in [-0.2, 0) is 11.3 Å². The number of carbonyl (C=O) groups is 1. The predicted molar refractivity (Wildman–Crippen MR) is 142 cm³/mol. The molecule has 0 atom stereocenters. The fraction of sp³-hybridized carbons (Fsp3) is 0.333. The zero-order chi connectivity index (χ0) is 26.5. The van der Waals surface area contributed by atoms with E-state index in [0.717, 1.165) is 48.5 Å². The molecule has 0 saturated carbocycles. The van der Waals surface area contributed by atoms with Crippen molar-refractivity contribution in [2.24, 2.45) is 0 Å². The summed E-state index contributed by atoms with van der Waals surface area (Å²) in [5.74, 6) is 1.55. The number of halogens is 1. The molecule has 0 aliphatic carbocycles. The third-order valence-corrected chi connectivity index (χ3v) is 6.72. The van der Waals surface area contributed by atoms with E-state index >= 15 is 0 Å². The van der Waals surface area contributed by atoms with E-state index < -0.39 is 6.09 Å². The molecule has 198 valence electrons. The van der Waals surface area contributed by atoms with Gasteiger partial charge in [0.25, 0.3) is 0 Å². The minimum atomic E-state index is -0.575. The van der Waals surface area contributed by atoms with E-state index in [2.05, 4.69) is 35.7 Å². The lowest BCUT2D eigenvalue weighted by Crippen LogP contribution is -2.44. The summed E-state index contributed by atoms with van der Waals surface area (Å²) in [6, 6.07) is 16.6. The number of rotatable bonds is 8. The van der Waals surface area contributed by atoms with Crippen LogP contribution in [-0.4, -0.2) is 65.6 Å². The van der Waals surface area contributed by atoms with Gasteiger partial charge in [0.05, 0.1) is 17.6 Å². The molecule has 5 rings (SSSR count). The maximum atomic E-state index is 13.5. The Balaban J connectivity index is 1.27. The lowest BCUT2D eigenvalue weighted by Gasteiger charge is -2.37. The molecule has 0 unspecified atom stereocenters. The number of amides is 1. The molecule has 0 spiro atoms. The van der Waals surface area contributed by atoms with Gasteiger partial charge in [0.2, 0.25) is 24.6 Å². The van der Waals surface area contributed by atoms with Crippen molar-refractivity contribution in [2.45, 2.75) is 25.4 Å². The zero-order valence-corrected chi connectivity index (χ0v) is 21.4. The monoisotopic (exact) mass is 519 g/mol. The van der Waals surface area contributed by atoms with Crippen LogP contribution in [0.25, 0.3) is 11.0 Å². The van der Waals surface area contributed by atoms with Crippen molar-refractivity contribution < 1.29 is 18.7 Å². The van der Waals surface area contributed by atoms with Crippen LogP contribution in [0.2, 0.25) is 0 Å². The molecule has 10 nitrogen and oxygen atoms in total.